The van der Waals surface area contributed by atoms with Crippen molar-refractivity contribution in [1.82, 2.24) is 0 Å². The zero-order valence-corrected chi connectivity index (χ0v) is 8.79. The van der Waals surface area contributed by atoms with Crippen molar-refractivity contribution in [3.8, 4) is 0 Å². The van der Waals surface area contributed by atoms with Crippen molar-refractivity contribution in [2.45, 2.75) is 33.2 Å². The van der Waals surface area contributed by atoms with Gasteiger partial charge < -0.3 is 14.2 Å². The van der Waals surface area contributed by atoms with Gasteiger partial charge in [0, 0.05) is 13.2 Å². The van der Waals surface area contributed by atoms with Crippen molar-refractivity contribution >= 4 is 5.97 Å². The molecule has 0 amide bonds. The van der Waals surface area contributed by atoms with Gasteiger partial charge in [-0.05, 0) is 20.8 Å². The smallest absolute Gasteiger partial charge is 0.346 e. The molecule has 0 N–H and O–H groups in total. The van der Waals surface area contributed by atoms with Gasteiger partial charge in [0.2, 0.25) is 6.17 Å². The van der Waals surface area contributed by atoms with Crippen LogP contribution in [0, 0.1) is 0 Å². The van der Waals surface area contributed by atoms with Crippen LogP contribution in [0.5, 0.6) is 0 Å². The van der Waals surface area contributed by atoms with Crippen molar-refractivity contribution < 1.29 is 23.4 Å². The number of hydrogen-bond donors (Lipinski definition) is 0. The summed E-state index contributed by atoms with van der Waals surface area (Å²) < 4.78 is 27.6. The standard InChI is InChI=1S/C9H17FO4/c1-4-12-8(11)7(10)9(13-5-2)14-6-3/h7,9H,4-6H2,1-3H3. The van der Waals surface area contributed by atoms with E-state index in [0.29, 0.717) is 0 Å². The largest absolute Gasteiger partial charge is 0.464 e. The average Bonchev–Trinajstić information content (AvgIpc) is 2.17. The highest BCUT2D eigenvalue weighted by Crippen LogP contribution is 2.08. The molecule has 0 aliphatic heterocycles. The molecule has 0 aromatic carbocycles. The topological polar surface area (TPSA) is 44.8 Å². The lowest BCUT2D eigenvalue weighted by Gasteiger charge is -2.19. The first kappa shape index (κ1) is 13.3. The Balaban J connectivity index is 4.11. The number of rotatable bonds is 7. The van der Waals surface area contributed by atoms with Gasteiger partial charge in [-0.3, -0.25) is 0 Å². The fourth-order valence-electron chi connectivity index (χ4n) is 0.879. The molecule has 0 radical (unpaired) electrons. The van der Waals surface area contributed by atoms with Gasteiger partial charge in [-0.25, -0.2) is 9.18 Å². The molecule has 0 heterocycles. The summed E-state index contributed by atoms with van der Waals surface area (Å²) in [6, 6.07) is 0. The van der Waals surface area contributed by atoms with E-state index in [4.69, 9.17) is 9.47 Å². The van der Waals surface area contributed by atoms with Crippen LogP contribution < -0.4 is 0 Å². The monoisotopic (exact) mass is 208 g/mol. The van der Waals surface area contributed by atoms with Gasteiger partial charge in [-0.2, -0.15) is 0 Å². The van der Waals surface area contributed by atoms with Gasteiger partial charge >= 0.3 is 5.97 Å². The van der Waals surface area contributed by atoms with E-state index in [1.54, 1.807) is 20.8 Å². The highest BCUT2D eigenvalue weighted by molar-refractivity contribution is 5.74. The summed E-state index contributed by atoms with van der Waals surface area (Å²) >= 11 is 0. The Kier molecular flexibility index (Phi) is 7.32. The highest BCUT2D eigenvalue weighted by atomic mass is 19.1. The Hall–Kier alpha value is -0.680. The summed E-state index contributed by atoms with van der Waals surface area (Å²) in [5.74, 6) is -0.945. The number of ether oxygens (including phenoxy) is 3. The lowest BCUT2D eigenvalue weighted by atomic mass is 10.4. The van der Waals surface area contributed by atoms with Crippen LogP contribution in [0.1, 0.15) is 20.8 Å². The first-order valence-electron chi connectivity index (χ1n) is 4.71. The van der Waals surface area contributed by atoms with E-state index < -0.39 is 18.4 Å². The van der Waals surface area contributed by atoms with Crippen LogP contribution in [0.25, 0.3) is 0 Å². The predicted molar refractivity (Wildman–Crippen MR) is 48.6 cm³/mol. The second kappa shape index (κ2) is 7.70. The molecule has 5 heteroatoms. The van der Waals surface area contributed by atoms with Crippen LogP contribution in [-0.2, 0) is 19.0 Å². The second-order valence-corrected chi connectivity index (χ2v) is 2.43. The Morgan fingerprint density at radius 1 is 1.14 bits per heavy atom. The van der Waals surface area contributed by atoms with Gasteiger partial charge in [0.15, 0.2) is 6.29 Å². The quantitative estimate of drug-likeness (QED) is 0.467. The van der Waals surface area contributed by atoms with E-state index in [9.17, 15) is 9.18 Å². The zero-order chi connectivity index (χ0) is 11.0. The minimum atomic E-state index is -1.88. The molecule has 0 fully saturated rings. The summed E-state index contributed by atoms with van der Waals surface area (Å²) in [5.41, 5.74) is 0. The number of alkyl halides is 1. The summed E-state index contributed by atoms with van der Waals surface area (Å²) in [4.78, 5) is 11.0. The van der Waals surface area contributed by atoms with Crippen molar-refractivity contribution in [2.24, 2.45) is 0 Å². The van der Waals surface area contributed by atoms with Gasteiger partial charge in [-0.15, -0.1) is 0 Å². The summed E-state index contributed by atoms with van der Waals surface area (Å²) in [7, 11) is 0. The molecule has 0 bridgehead atoms. The molecule has 0 saturated carbocycles. The van der Waals surface area contributed by atoms with Crippen LogP contribution in [0.3, 0.4) is 0 Å². The van der Waals surface area contributed by atoms with Crippen molar-refractivity contribution in [3.63, 3.8) is 0 Å². The van der Waals surface area contributed by atoms with E-state index in [2.05, 4.69) is 4.74 Å². The molecular formula is C9H17FO4. The molecule has 0 aliphatic rings. The second-order valence-electron chi connectivity index (χ2n) is 2.43. The fraction of sp³-hybridized carbons (Fsp3) is 0.889. The SMILES string of the molecule is CCOC(=O)C(F)C(OCC)OCC. The summed E-state index contributed by atoms with van der Waals surface area (Å²) in [6.45, 7) is 5.72. The fourth-order valence-corrected chi connectivity index (χ4v) is 0.879. The predicted octanol–water partition coefficient (Wildman–Crippen LogP) is 1.29. The lowest BCUT2D eigenvalue weighted by Crippen LogP contribution is -2.36. The lowest BCUT2D eigenvalue weighted by molar-refractivity contribution is -0.192. The molecule has 0 aromatic heterocycles. The molecule has 0 spiro atoms. The van der Waals surface area contributed by atoms with Crippen molar-refractivity contribution in [2.75, 3.05) is 19.8 Å². The Morgan fingerprint density at radius 3 is 2.00 bits per heavy atom. The first-order valence-corrected chi connectivity index (χ1v) is 4.71. The summed E-state index contributed by atoms with van der Waals surface area (Å²) in [5, 5.41) is 0. The third-order valence-electron chi connectivity index (χ3n) is 1.41. The molecule has 0 aromatic rings. The van der Waals surface area contributed by atoms with Crippen LogP contribution in [0.2, 0.25) is 0 Å². The number of carbonyl (C=O) groups excluding carboxylic acids is 1. The molecular weight excluding hydrogens is 191 g/mol. The molecule has 0 saturated heterocycles. The van der Waals surface area contributed by atoms with E-state index in [1.165, 1.54) is 0 Å². The molecule has 0 aliphatic carbocycles. The zero-order valence-electron chi connectivity index (χ0n) is 8.79. The maximum atomic E-state index is 13.3. The highest BCUT2D eigenvalue weighted by Gasteiger charge is 2.30. The van der Waals surface area contributed by atoms with Crippen LogP contribution in [0.15, 0.2) is 0 Å². The minimum absolute atomic E-state index is 0.143. The van der Waals surface area contributed by atoms with Gasteiger partial charge in [-0.1, -0.05) is 0 Å². The van der Waals surface area contributed by atoms with Crippen molar-refractivity contribution in [3.05, 3.63) is 0 Å². The number of hydrogen-bond acceptors (Lipinski definition) is 4. The average molecular weight is 208 g/mol. The molecule has 4 nitrogen and oxygen atoms in total. The van der Waals surface area contributed by atoms with Crippen LogP contribution >= 0.6 is 0 Å². The molecule has 1 atom stereocenters. The van der Waals surface area contributed by atoms with Crippen LogP contribution in [0.4, 0.5) is 4.39 Å². The van der Waals surface area contributed by atoms with Crippen molar-refractivity contribution in [1.29, 1.82) is 0 Å². The summed E-state index contributed by atoms with van der Waals surface area (Å²) in [6.07, 6.45) is -3.04. The Morgan fingerprint density at radius 2 is 1.64 bits per heavy atom. The van der Waals surface area contributed by atoms with E-state index in [0.717, 1.165) is 0 Å². The molecule has 14 heavy (non-hydrogen) atoms. The van der Waals surface area contributed by atoms with E-state index in [1.807, 2.05) is 0 Å². The maximum absolute atomic E-state index is 13.3. The third-order valence-corrected chi connectivity index (χ3v) is 1.41. The number of carbonyl (C=O) groups is 1. The van der Waals surface area contributed by atoms with E-state index >= 15 is 0 Å². The minimum Gasteiger partial charge on any atom is -0.464 e. The molecule has 1 unspecified atom stereocenters. The normalized spacial score (nSPS) is 12.9. The number of esters is 1. The van der Waals surface area contributed by atoms with Gasteiger partial charge in [0.05, 0.1) is 6.61 Å². The third kappa shape index (κ3) is 4.53. The number of halogens is 1. The van der Waals surface area contributed by atoms with E-state index in [-0.39, 0.29) is 19.8 Å². The van der Waals surface area contributed by atoms with Gasteiger partial charge in [0.25, 0.3) is 0 Å². The van der Waals surface area contributed by atoms with Gasteiger partial charge in [0.1, 0.15) is 0 Å². The first-order chi connectivity index (χ1) is 6.67. The molecule has 0 rings (SSSR count). The van der Waals surface area contributed by atoms with Crippen LogP contribution in [-0.4, -0.2) is 38.3 Å². The maximum Gasteiger partial charge on any atom is 0.346 e. The Labute approximate surface area is 83.3 Å². The Bertz CT molecular complexity index is 157. The molecule has 84 valence electrons.